The van der Waals surface area contributed by atoms with Crippen molar-refractivity contribution in [3.05, 3.63) is 0 Å². The molecule has 0 saturated carbocycles. The Morgan fingerprint density at radius 3 is 2.41 bits per heavy atom. The molecule has 1 saturated heterocycles. The molecule has 100 valence electrons. The van der Waals surface area contributed by atoms with Gasteiger partial charge in [0.1, 0.15) is 36.5 Å². The van der Waals surface area contributed by atoms with Gasteiger partial charge in [-0.25, -0.2) is 0 Å². The van der Waals surface area contributed by atoms with E-state index in [9.17, 15) is 20.1 Å². The molecule has 6 nitrogen and oxygen atoms in total. The molecule has 0 bridgehead atoms. The molecule has 0 spiro atoms. The summed E-state index contributed by atoms with van der Waals surface area (Å²) >= 11 is 3.92. The molecule has 0 aromatic carbocycles. The van der Waals surface area contributed by atoms with E-state index in [1.165, 1.54) is 0 Å². The molecule has 5 atom stereocenters. The van der Waals surface area contributed by atoms with Crippen LogP contribution in [0.15, 0.2) is 0 Å². The first-order valence-corrected chi connectivity index (χ1v) is 5.90. The van der Waals surface area contributed by atoms with Crippen LogP contribution >= 0.6 is 12.6 Å². The Labute approximate surface area is 105 Å². The number of aliphatic hydroxyl groups is 3. The highest BCUT2D eigenvalue weighted by molar-refractivity contribution is 7.80. The van der Waals surface area contributed by atoms with E-state index in [-0.39, 0.29) is 12.5 Å². The number of carbonyl (C=O) groups is 1. The molecule has 1 fully saturated rings. The van der Waals surface area contributed by atoms with Crippen molar-refractivity contribution in [2.75, 3.05) is 6.61 Å². The third-order valence-electron chi connectivity index (χ3n) is 2.55. The normalized spacial score (nSPS) is 38.2. The molecule has 0 aromatic heterocycles. The van der Waals surface area contributed by atoms with E-state index in [0.29, 0.717) is 0 Å². The van der Waals surface area contributed by atoms with Crippen LogP contribution in [0.2, 0.25) is 0 Å². The van der Waals surface area contributed by atoms with Crippen LogP contribution in [0.4, 0.5) is 0 Å². The number of esters is 1. The zero-order valence-electron chi connectivity index (χ0n) is 9.68. The molecule has 1 rings (SSSR count). The standard InChI is InChI=1S/C10H18O6S/c1-4(2)9(14)15-3-5-6(11)7(12)8(13)10(17)16-5/h4-8,10-13,17H,3H2,1-2H3/t5-,6-,7+,8-,10?/m1/s1. The Hall–Kier alpha value is -0.340. The third-order valence-corrected chi connectivity index (χ3v) is 2.98. The summed E-state index contributed by atoms with van der Waals surface area (Å²) in [6.45, 7) is 3.18. The van der Waals surface area contributed by atoms with Crippen molar-refractivity contribution in [3.8, 4) is 0 Å². The maximum atomic E-state index is 11.2. The van der Waals surface area contributed by atoms with Gasteiger partial charge in [-0.2, -0.15) is 0 Å². The summed E-state index contributed by atoms with van der Waals surface area (Å²) in [5.41, 5.74) is -0.920. The minimum absolute atomic E-state index is 0.182. The summed E-state index contributed by atoms with van der Waals surface area (Å²) in [7, 11) is 0. The van der Waals surface area contributed by atoms with Gasteiger partial charge in [0.2, 0.25) is 0 Å². The van der Waals surface area contributed by atoms with Crippen molar-refractivity contribution in [3.63, 3.8) is 0 Å². The number of ether oxygens (including phenoxy) is 2. The lowest BCUT2D eigenvalue weighted by molar-refractivity contribution is -0.210. The van der Waals surface area contributed by atoms with Gasteiger partial charge in [0, 0.05) is 0 Å². The maximum absolute atomic E-state index is 11.2. The Balaban J connectivity index is 2.51. The Kier molecular flexibility index (Phi) is 5.21. The number of aliphatic hydroxyl groups excluding tert-OH is 3. The quantitative estimate of drug-likeness (QED) is 0.383. The fourth-order valence-corrected chi connectivity index (χ4v) is 1.73. The van der Waals surface area contributed by atoms with Crippen LogP contribution in [0.5, 0.6) is 0 Å². The summed E-state index contributed by atoms with van der Waals surface area (Å²) in [6.07, 6.45) is -4.84. The molecule has 0 radical (unpaired) electrons. The zero-order chi connectivity index (χ0) is 13.2. The lowest BCUT2D eigenvalue weighted by Crippen LogP contribution is -2.57. The maximum Gasteiger partial charge on any atom is 0.308 e. The molecular formula is C10H18O6S. The Morgan fingerprint density at radius 1 is 1.29 bits per heavy atom. The summed E-state index contributed by atoms with van der Waals surface area (Å²) in [4.78, 5) is 11.2. The van der Waals surface area contributed by atoms with Crippen LogP contribution in [0.25, 0.3) is 0 Å². The molecule has 0 aromatic rings. The van der Waals surface area contributed by atoms with Crippen LogP contribution in [-0.4, -0.2) is 57.7 Å². The molecule has 7 heteroatoms. The van der Waals surface area contributed by atoms with Crippen LogP contribution in [-0.2, 0) is 14.3 Å². The van der Waals surface area contributed by atoms with Crippen molar-refractivity contribution >= 4 is 18.6 Å². The summed E-state index contributed by atoms with van der Waals surface area (Å²) in [5.74, 6) is -0.699. The predicted octanol–water partition coefficient (Wildman–Crippen LogP) is -1.08. The van der Waals surface area contributed by atoms with Crippen molar-refractivity contribution in [2.45, 2.75) is 43.7 Å². The Morgan fingerprint density at radius 2 is 1.88 bits per heavy atom. The molecule has 0 aliphatic carbocycles. The van der Waals surface area contributed by atoms with E-state index in [1.54, 1.807) is 13.8 Å². The van der Waals surface area contributed by atoms with Crippen molar-refractivity contribution in [1.82, 2.24) is 0 Å². The first-order valence-electron chi connectivity index (χ1n) is 5.39. The second-order valence-corrected chi connectivity index (χ2v) is 4.83. The Bertz CT molecular complexity index is 272. The second kappa shape index (κ2) is 6.01. The molecule has 1 aliphatic rings. The van der Waals surface area contributed by atoms with Gasteiger partial charge >= 0.3 is 5.97 Å². The van der Waals surface area contributed by atoms with Crippen LogP contribution in [0, 0.1) is 5.92 Å². The molecular weight excluding hydrogens is 248 g/mol. The first-order chi connectivity index (χ1) is 7.84. The largest absolute Gasteiger partial charge is 0.463 e. The average molecular weight is 266 g/mol. The zero-order valence-corrected chi connectivity index (χ0v) is 10.6. The number of rotatable bonds is 3. The average Bonchev–Trinajstić information content (AvgIpc) is 2.28. The smallest absolute Gasteiger partial charge is 0.308 e. The highest BCUT2D eigenvalue weighted by Gasteiger charge is 2.42. The first kappa shape index (κ1) is 14.7. The van der Waals surface area contributed by atoms with Gasteiger partial charge in [0.05, 0.1) is 5.92 Å². The number of carbonyl (C=O) groups excluding carboxylic acids is 1. The van der Waals surface area contributed by atoms with Gasteiger partial charge in [-0.15, -0.1) is 12.6 Å². The molecule has 0 amide bonds. The minimum Gasteiger partial charge on any atom is -0.463 e. The number of hydrogen-bond donors (Lipinski definition) is 4. The fourth-order valence-electron chi connectivity index (χ4n) is 1.40. The summed E-state index contributed by atoms with van der Waals surface area (Å²) in [5, 5.41) is 28.5. The molecule has 17 heavy (non-hydrogen) atoms. The SMILES string of the molecule is CC(C)C(=O)OC[C@H]1OC(S)[C@H](O)[C@@H](O)[C@@H]1O. The van der Waals surface area contributed by atoms with Gasteiger partial charge in [-0.05, 0) is 0 Å². The highest BCUT2D eigenvalue weighted by atomic mass is 32.1. The van der Waals surface area contributed by atoms with Gasteiger partial charge in [0.25, 0.3) is 0 Å². The van der Waals surface area contributed by atoms with Crippen molar-refractivity contribution in [2.24, 2.45) is 5.92 Å². The van der Waals surface area contributed by atoms with Crippen LogP contribution in [0.3, 0.4) is 0 Å². The van der Waals surface area contributed by atoms with Crippen LogP contribution < -0.4 is 0 Å². The van der Waals surface area contributed by atoms with Gasteiger partial charge in [-0.3, -0.25) is 4.79 Å². The predicted molar refractivity (Wildman–Crippen MR) is 61.5 cm³/mol. The van der Waals surface area contributed by atoms with E-state index in [1.807, 2.05) is 0 Å². The van der Waals surface area contributed by atoms with E-state index in [2.05, 4.69) is 12.6 Å². The summed E-state index contributed by atoms with van der Waals surface area (Å²) < 4.78 is 10.0. The van der Waals surface area contributed by atoms with E-state index in [4.69, 9.17) is 9.47 Å². The van der Waals surface area contributed by atoms with Gasteiger partial charge < -0.3 is 24.8 Å². The lowest BCUT2D eigenvalue weighted by atomic mass is 10.0. The molecule has 3 N–H and O–H groups in total. The lowest BCUT2D eigenvalue weighted by Gasteiger charge is -2.38. The second-order valence-electron chi connectivity index (χ2n) is 4.32. The summed E-state index contributed by atoms with van der Waals surface area (Å²) in [6, 6.07) is 0. The fraction of sp³-hybridized carbons (Fsp3) is 0.900. The molecule has 1 aliphatic heterocycles. The van der Waals surface area contributed by atoms with E-state index in [0.717, 1.165) is 0 Å². The molecule has 1 heterocycles. The highest BCUT2D eigenvalue weighted by Crippen LogP contribution is 2.23. The van der Waals surface area contributed by atoms with Crippen molar-refractivity contribution < 1.29 is 29.6 Å². The van der Waals surface area contributed by atoms with E-state index < -0.39 is 35.8 Å². The number of thiol groups is 1. The van der Waals surface area contributed by atoms with Gasteiger partial charge in [-0.1, -0.05) is 13.8 Å². The van der Waals surface area contributed by atoms with Crippen LogP contribution in [0.1, 0.15) is 13.8 Å². The topological polar surface area (TPSA) is 96.2 Å². The number of hydrogen-bond acceptors (Lipinski definition) is 7. The molecule has 1 unspecified atom stereocenters. The van der Waals surface area contributed by atoms with Crippen molar-refractivity contribution in [1.29, 1.82) is 0 Å². The third kappa shape index (κ3) is 3.56. The van der Waals surface area contributed by atoms with E-state index >= 15 is 0 Å². The van der Waals surface area contributed by atoms with Gasteiger partial charge in [0.15, 0.2) is 0 Å². The minimum atomic E-state index is -1.37. The monoisotopic (exact) mass is 266 g/mol.